The van der Waals surface area contributed by atoms with Gasteiger partial charge in [-0.1, -0.05) is 6.07 Å². The first-order valence-corrected chi connectivity index (χ1v) is 9.27. The number of hydrogen-bond donors (Lipinski definition) is 1. The van der Waals surface area contributed by atoms with E-state index >= 15 is 0 Å². The quantitative estimate of drug-likeness (QED) is 0.712. The van der Waals surface area contributed by atoms with Gasteiger partial charge in [0.05, 0.1) is 25.5 Å². The van der Waals surface area contributed by atoms with Crippen molar-refractivity contribution >= 4 is 17.2 Å². The van der Waals surface area contributed by atoms with Gasteiger partial charge < -0.3 is 18.9 Å². The fraction of sp³-hybridized carbons (Fsp3) is 0.333. The van der Waals surface area contributed by atoms with E-state index in [1.165, 1.54) is 4.88 Å². The van der Waals surface area contributed by atoms with Gasteiger partial charge in [-0.15, -0.1) is 11.3 Å². The first-order valence-electron chi connectivity index (χ1n) is 8.39. The lowest BCUT2D eigenvalue weighted by atomic mass is 10.2. The number of nitrogens with one attached hydrogen (secondary N) is 1. The lowest BCUT2D eigenvalue weighted by Gasteiger charge is -2.34. The van der Waals surface area contributed by atoms with Gasteiger partial charge in [0.15, 0.2) is 5.76 Å². The van der Waals surface area contributed by atoms with Gasteiger partial charge in [-0.2, -0.15) is 10.2 Å². The van der Waals surface area contributed by atoms with Crippen molar-refractivity contribution in [2.24, 2.45) is 0 Å². The third-order valence-electron chi connectivity index (χ3n) is 4.28. The number of ether oxygens (including phenoxy) is 1. The van der Waals surface area contributed by atoms with Gasteiger partial charge in [0.25, 0.3) is 5.89 Å². The van der Waals surface area contributed by atoms with Gasteiger partial charge in [-0.3, -0.25) is 4.90 Å². The van der Waals surface area contributed by atoms with Crippen LogP contribution in [0.1, 0.15) is 16.6 Å². The third kappa shape index (κ3) is 3.51. The Morgan fingerprint density at radius 1 is 1.31 bits per heavy atom. The number of thiophene rings is 1. The summed E-state index contributed by atoms with van der Waals surface area (Å²) in [5.74, 6) is 1.17. The molecule has 1 unspecified atom stereocenters. The van der Waals surface area contributed by atoms with Crippen LogP contribution in [-0.4, -0.2) is 42.7 Å². The number of aromatic nitrogens is 1. The van der Waals surface area contributed by atoms with E-state index in [1.54, 1.807) is 29.7 Å². The van der Waals surface area contributed by atoms with Gasteiger partial charge >= 0.3 is 0 Å². The maximum Gasteiger partial charge on any atom is 0.266 e. The van der Waals surface area contributed by atoms with Gasteiger partial charge in [0.1, 0.15) is 6.07 Å². The molecule has 0 aromatic carbocycles. The predicted molar refractivity (Wildman–Crippen MR) is 96.9 cm³/mol. The zero-order valence-corrected chi connectivity index (χ0v) is 14.9. The monoisotopic (exact) mass is 370 g/mol. The van der Waals surface area contributed by atoms with Crippen LogP contribution in [0.3, 0.4) is 0 Å². The van der Waals surface area contributed by atoms with E-state index in [0.29, 0.717) is 24.1 Å². The summed E-state index contributed by atoms with van der Waals surface area (Å²) < 4.78 is 16.5. The average molecular weight is 370 g/mol. The maximum atomic E-state index is 9.36. The molecule has 1 aliphatic heterocycles. The summed E-state index contributed by atoms with van der Waals surface area (Å²) >= 11 is 1.72. The van der Waals surface area contributed by atoms with Crippen LogP contribution in [-0.2, 0) is 4.74 Å². The van der Waals surface area contributed by atoms with Crippen molar-refractivity contribution < 1.29 is 13.6 Å². The van der Waals surface area contributed by atoms with Crippen LogP contribution >= 0.6 is 11.3 Å². The Kier molecular flexibility index (Phi) is 5.02. The van der Waals surface area contributed by atoms with E-state index in [-0.39, 0.29) is 11.7 Å². The lowest BCUT2D eigenvalue weighted by molar-refractivity contribution is 0.0193. The molecule has 1 saturated heterocycles. The van der Waals surface area contributed by atoms with Gasteiger partial charge in [-0.25, -0.2) is 0 Å². The van der Waals surface area contributed by atoms with Crippen LogP contribution in [0.5, 0.6) is 0 Å². The van der Waals surface area contributed by atoms with Crippen LogP contribution in [0.2, 0.25) is 0 Å². The summed E-state index contributed by atoms with van der Waals surface area (Å²) in [4.78, 5) is 7.86. The molecule has 0 radical (unpaired) electrons. The van der Waals surface area contributed by atoms with E-state index in [0.717, 1.165) is 26.3 Å². The van der Waals surface area contributed by atoms with Gasteiger partial charge in [0.2, 0.25) is 11.6 Å². The summed E-state index contributed by atoms with van der Waals surface area (Å²) in [6.45, 7) is 3.83. The Bertz CT molecular complexity index is 861. The highest BCUT2D eigenvalue weighted by Crippen LogP contribution is 2.29. The molecule has 0 saturated carbocycles. The highest BCUT2D eigenvalue weighted by atomic mass is 32.1. The van der Waals surface area contributed by atoms with Crippen molar-refractivity contribution in [3.63, 3.8) is 0 Å². The molecule has 0 bridgehead atoms. The van der Waals surface area contributed by atoms with Crippen LogP contribution in [0, 0.1) is 11.3 Å². The molecule has 3 aromatic rings. The molecular formula is C18H18N4O3S. The highest BCUT2D eigenvalue weighted by molar-refractivity contribution is 7.10. The number of nitrogens with zero attached hydrogens (tertiary/aromatic N) is 3. The minimum absolute atomic E-state index is 0.183. The molecule has 26 heavy (non-hydrogen) atoms. The van der Waals surface area contributed by atoms with Crippen molar-refractivity contribution in [3.8, 4) is 17.7 Å². The van der Waals surface area contributed by atoms with Crippen LogP contribution < -0.4 is 5.32 Å². The number of hydrogen-bond acceptors (Lipinski definition) is 8. The van der Waals surface area contributed by atoms with Crippen LogP contribution in [0.4, 0.5) is 5.88 Å². The lowest BCUT2D eigenvalue weighted by Crippen LogP contribution is -2.41. The largest absolute Gasteiger partial charge is 0.459 e. The number of rotatable bonds is 6. The normalized spacial score (nSPS) is 16.3. The SMILES string of the molecule is N#Cc1nc(-c2ccco2)oc1NCC(c1cccs1)N1CCOCC1. The molecule has 3 aromatic heterocycles. The fourth-order valence-electron chi connectivity index (χ4n) is 2.99. The minimum Gasteiger partial charge on any atom is -0.459 e. The van der Waals surface area contributed by atoms with E-state index < -0.39 is 0 Å². The molecule has 8 heteroatoms. The molecule has 4 heterocycles. The van der Waals surface area contributed by atoms with Crippen molar-refractivity contribution in [2.75, 3.05) is 38.2 Å². The standard InChI is InChI=1S/C18H18N4O3S/c19-11-13-17(25-18(21-13)15-3-1-7-24-15)20-12-14(16-4-2-10-26-16)22-5-8-23-9-6-22/h1-4,7,10,14,20H,5-6,8-9,12H2. The molecule has 4 rings (SSSR count). The van der Waals surface area contributed by atoms with E-state index in [9.17, 15) is 5.26 Å². The highest BCUT2D eigenvalue weighted by Gasteiger charge is 2.25. The number of anilines is 1. The Morgan fingerprint density at radius 3 is 2.88 bits per heavy atom. The smallest absolute Gasteiger partial charge is 0.266 e. The molecule has 0 amide bonds. The van der Waals surface area contributed by atoms with Gasteiger partial charge in [-0.05, 0) is 23.6 Å². The molecule has 1 atom stereocenters. The Hall–Kier alpha value is -2.60. The second-order valence-corrected chi connectivity index (χ2v) is 6.83. The van der Waals surface area contributed by atoms with Crippen LogP contribution in [0.25, 0.3) is 11.7 Å². The number of oxazole rings is 1. The molecule has 1 aliphatic rings. The molecule has 1 N–H and O–H groups in total. The van der Waals surface area contributed by atoms with Crippen molar-refractivity contribution in [1.82, 2.24) is 9.88 Å². The van der Waals surface area contributed by atoms with Crippen molar-refractivity contribution in [2.45, 2.75) is 6.04 Å². The Morgan fingerprint density at radius 2 is 2.19 bits per heavy atom. The predicted octanol–water partition coefficient (Wildman–Crippen LogP) is 3.35. The molecule has 0 aliphatic carbocycles. The van der Waals surface area contributed by atoms with Crippen LogP contribution in [0.15, 0.2) is 44.7 Å². The van der Waals surface area contributed by atoms with Crippen molar-refractivity contribution in [1.29, 1.82) is 5.26 Å². The Balaban J connectivity index is 1.53. The van der Waals surface area contributed by atoms with E-state index in [4.69, 9.17) is 13.6 Å². The second-order valence-electron chi connectivity index (χ2n) is 5.85. The summed E-state index contributed by atoms with van der Waals surface area (Å²) in [5.41, 5.74) is 0.225. The average Bonchev–Trinajstić information content (AvgIpc) is 3.44. The van der Waals surface area contributed by atoms with Crippen molar-refractivity contribution in [3.05, 3.63) is 46.5 Å². The van der Waals surface area contributed by atoms with E-state index in [2.05, 4.69) is 38.8 Å². The van der Waals surface area contributed by atoms with Gasteiger partial charge in [0, 0.05) is 24.5 Å². The second kappa shape index (κ2) is 7.74. The molecule has 134 valence electrons. The first kappa shape index (κ1) is 16.8. The topological polar surface area (TPSA) is 87.5 Å². The molecule has 1 fully saturated rings. The number of furan rings is 1. The fourth-order valence-corrected chi connectivity index (χ4v) is 3.85. The van der Waals surface area contributed by atoms with E-state index in [1.807, 2.05) is 0 Å². The maximum absolute atomic E-state index is 9.36. The first-order chi connectivity index (χ1) is 12.8. The Labute approximate surface area is 154 Å². The summed E-state index contributed by atoms with van der Waals surface area (Å²) in [6, 6.07) is 9.95. The summed E-state index contributed by atoms with van der Waals surface area (Å²) in [5, 5.41) is 14.7. The zero-order chi connectivity index (χ0) is 17.8. The minimum atomic E-state index is 0.183. The number of morpholine rings is 1. The molecular weight excluding hydrogens is 352 g/mol. The zero-order valence-electron chi connectivity index (χ0n) is 14.1. The summed E-state index contributed by atoms with van der Waals surface area (Å²) in [6.07, 6.45) is 1.55. The third-order valence-corrected chi connectivity index (χ3v) is 5.25. The summed E-state index contributed by atoms with van der Waals surface area (Å²) in [7, 11) is 0. The molecule has 0 spiro atoms. The molecule has 7 nitrogen and oxygen atoms in total. The number of nitriles is 1.